The van der Waals surface area contributed by atoms with Gasteiger partial charge in [-0.3, -0.25) is 9.69 Å². The topological polar surface area (TPSA) is 23.6 Å². The highest BCUT2D eigenvalue weighted by molar-refractivity contribution is 7.21. The Hall–Kier alpha value is -2.09. The number of alkyl halides is 3. The summed E-state index contributed by atoms with van der Waals surface area (Å²) in [5, 5.41) is 1.37. The van der Waals surface area contributed by atoms with Gasteiger partial charge in [-0.25, -0.2) is 0 Å². The number of rotatable bonds is 3. The zero-order chi connectivity index (χ0) is 20.6. The molecule has 152 valence electrons. The molecule has 1 aromatic heterocycles. The summed E-state index contributed by atoms with van der Waals surface area (Å²) < 4.78 is 39.6. The molecular formula is C21H18ClF3N2OS. The maximum atomic E-state index is 12.9. The zero-order valence-electron chi connectivity index (χ0n) is 15.4. The van der Waals surface area contributed by atoms with Crippen molar-refractivity contribution in [3.8, 4) is 0 Å². The number of amides is 1. The molecule has 0 spiro atoms. The summed E-state index contributed by atoms with van der Waals surface area (Å²) in [5.74, 6) is -0.0880. The molecule has 0 N–H and O–H groups in total. The van der Waals surface area contributed by atoms with Crippen molar-refractivity contribution in [2.24, 2.45) is 0 Å². The molecule has 8 heteroatoms. The minimum Gasteiger partial charge on any atom is -0.335 e. The first-order valence-corrected chi connectivity index (χ1v) is 10.4. The van der Waals surface area contributed by atoms with Gasteiger partial charge in [0.15, 0.2) is 0 Å². The predicted octanol–water partition coefficient (Wildman–Crippen LogP) is 5.53. The highest BCUT2D eigenvalue weighted by Gasteiger charge is 2.31. The van der Waals surface area contributed by atoms with Crippen molar-refractivity contribution in [3.63, 3.8) is 0 Å². The number of carbonyl (C=O) groups is 1. The third-order valence-electron chi connectivity index (χ3n) is 5.05. The number of carbonyl (C=O) groups excluding carboxylic acids is 1. The summed E-state index contributed by atoms with van der Waals surface area (Å²) in [4.78, 5) is 17.3. The second-order valence-electron chi connectivity index (χ2n) is 7.01. The molecule has 0 radical (unpaired) electrons. The average molecular weight is 439 g/mol. The zero-order valence-corrected chi connectivity index (χ0v) is 16.9. The minimum absolute atomic E-state index is 0.0880. The lowest BCUT2D eigenvalue weighted by molar-refractivity contribution is -0.137. The Morgan fingerprint density at radius 3 is 2.45 bits per heavy atom. The van der Waals surface area contributed by atoms with Crippen molar-refractivity contribution in [2.75, 3.05) is 26.2 Å². The van der Waals surface area contributed by atoms with Crippen molar-refractivity contribution in [1.82, 2.24) is 9.80 Å². The van der Waals surface area contributed by atoms with E-state index in [1.54, 1.807) is 11.0 Å². The van der Waals surface area contributed by atoms with E-state index in [0.29, 0.717) is 48.2 Å². The molecule has 0 unspecified atom stereocenters. The van der Waals surface area contributed by atoms with Crippen molar-refractivity contribution in [3.05, 3.63) is 69.6 Å². The first kappa shape index (κ1) is 20.2. The standard InChI is InChI=1S/C21H18ClF3N2OS/c22-18-16-6-1-2-7-17(16)29-19(18)20(28)27-10-8-26(9-11-27)13-14-4-3-5-15(12-14)21(23,24)25/h1-7,12H,8-11,13H2. The summed E-state index contributed by atoms with van der Waals surface area (Å²) in [6.07, 6.45) is -4.34. The first-order chi connectivity index (χ1) is 13.8. The lowest BCUT2D eigenvalue weighted by atomic mass is 10.1. The Kier molecular flexibility index (Phi) is 5.55. The molecule has 1 amide bonds. The van der Waals surface area contributed by atoms with E-state index >= 15 is 0 Å². The van der Waals surface area contributed by atoms with Gasteiger partial charge in [-0.2, -0.15) is 13.2 Å². The molecule has 3 nitrogen and oxygen atoms in total. The summed E-state index contributed by atoms with van der Waals surface area (Å²) in [6.45, 7) is 2.66. The third-order valence-corrected chi connectivity index (χ3v) is 6.71. The highest BCUT2D eigenvalue weighted by Crippen LogP contribution is 2.36. The van der Waals surface area contributed by atoms with Crippen LogP contribution in [0.3, 0.4) is 0 Å². The van der Waals surface area contributed by atoms with E-state index in [1.165, 1.54) is 23.5 Å². The third kappa shape index (κ3) is 4.27. The second-order valence-corrected chi connectivity index (χ2v) is 8.44. The summed E-state index contributed by atoms with van der Waals surface area (Å²) in [6, 6.07) is 13.0. The smallest absolute Gasteiger partial charge is 0.335 e. The maximum absolute atomic E-state index is 12.9. The molecule has 29 heavy (non-hydrogen) atoms. The van der Waals surface area contributed by atoms with Crippen molar-refractivity contribution >= 4 is 38.9 Å². The lowest BCUT2D eigenvalue weighted by Crippen LogP contribution is -2.48. The number of hydrogen-bond donors (Lipinski definition) is 0. The van der Waals surface area contributed by atoms with Crippen LogP contribution in [0.5, 0.6) is 0 Å². The van der Waals surface area contributed by atoms with Crippen LogP contribution in [0.2, 0.25) is 5.02 Å². The highest BCUT2D eigenvalue weighted by atomic mass is 35.5. The van der Waals surface area contributed by atoms with Crippen molar-refractivity contribution < 1.29 is 18.0 Å². The molecule has 1 fully saturated rings. The van der Waals surface area contributed by atoms with Gasteiger partial charge in [0.25, 0.3) is 5.91 Å². The number of halogens is 4. The number of nitrogens with zero attached hydrogens (tertiary/aromatic N) is 2. The van der Waals surface area contributed by atoms with E-state index in [-0.39, 0.29) is 5.91 Å². The van der Waals surface area contributed by atoms with Gasteiger partial charge in [-0.05, 0) is 17.7 Å². The van der Waals surface area contributed by atoms with Gasteiger partial charge in [-0.1, -0.05) is 48.0 Å². The molecule has 0 saturated carbocycles. The Morgan fingerprint density at radius 2 is 1.76 bits per heavy atom. The normalized spacial score (nSPS) is 15.8. The minimum atomic E-state index is -4.34. The van der Waals surface area contributed by atoms with E-state index < -0.39 is 11.7 Å². The molecule has 0 atom stereocenters. The second kappa shape index (κ2) is 7.97. The summed E-state index contributed by atoms with van der Waals surface area (Å²) >= 11 is 7.81. The van der Waals surface area contributed by atoms with Crippen LogP contribution in [-0.2, 0) is 12.7 Å². The molecule has 2 heterocycles. The van der Waals surface area contributed by atoms with Crippen LogP contribution in [0, 0.1) is 0 Å². The van der Waals surface area contributed by atoms with E-state index in [0.717, 1.165) is 16.2 Å². The Morgan fingerprint density at radius 1 is 1.03 bits per heavy atom. The quantitative estimate of drug-likeness (QED) is 0.536. The fourth-order valence-corrected chi connectivity index (χ4v) is 4.99. The molecule has 1 aliphatic rings. The van der Waals surface area contributed by atoms with Gasteiger partial charge in [0.05, 0.1) is 10.6 Å². The van der Waals surface area contributed by atoms with Crippen molar-refractivity contribution in [1.29, 1.82) is 0 Å². The molecular weight excluding hydrogens is 421 g/mol. The van der Waals surface area contributed by atoms with Crippen LogP contribution in [-0.4, -0.2) is 41.9 Å². The molecule has 1 aliphatic heterocycles. The fraction of sp³-hybridized carbons (Fsp3) is 0.286. The van der Waals surface area contributed by atoms with E-state index in [2.05, 4.69) is 4.90 Å². The van der Waals surface area contributed by atoms with E-state index in [1.807, 2.05) is 24.3 Å². The van der Waals surface area contributed by atoms with E-state index in [9.17, 15) is 18.0 Å². The van der Waals surface area contributed by atoms with Crippen LogP contribution < -0.4 is 0 Å². The van der Waals surface area contributed by atoms with Crippen LogP contribution >= 0.6 is 22.9 Å². The monoisotopic (exact) mass is 438 g/mol. The molecule has 0 bridgehead atoms. The Balaban J connectivity index is 1.40. The number of thiophene rings is 1. The SMILES string of the molecule is O=C(c1sc2ccccc2c1Cl)N1CCN(Cc2cccc(C(F)(F)F)c2)CC1. The lowest BCUT2D eigenvalue weighted by Gasteiger charge is -2.34. The number of fused-ring (bicyclic) bond motifs is 1. The molecule has 0 aliphatic carbocycles. The fourth-order valence-electron chi connectivity index (χ4n) is 3.51. The van der Waals surface area contributed by atoms with Crippen molar-refractivity contribution in [2.45, 2.75) is 12.7 Å². The number of piperazine rings is 1. The maximum Gasteiger partial charge on any atom is 0.416 e. The van der Waals surface area contributed by atoms with Gasteiger partial charge >= 0.3 is 6.18 Å². The van der Waals surface area contributed by atoms with E-state index in [4.69, 9.17) is 11.6 Å². The Labute approximate surface area is 175 Å². The van der Waals surface area contributed by atoms with Gasteiger partial charge in [0, 0.05) is 42.8 Å². The molecule has 1 saturated heterocycles. The summed E-state index contributed by atoms with van der Waals surface area (Å²) in [7, 11) is 0. The first-order valence-electron chi connectivity index (χ1n) is 9.18. The molecule has 2 aromatic carbocycles. The Bertz CT molecular complexity index is 1040. The van der Waals surface area contributed by atoms with Crippen LogP contribution in [0.1, 0.15) is 20.8 Å². The molecule has 3 aromatic rings. The van der Waals surface area contributed by atoms with Crippen LogP contribution in [0.25, 0.3) is 10.1 Å². The number of benzene rings is 2. The largest absolute Gasteiger partial charge is 0.416 e. The van der Waals surface area contributed by atoms with Gasteiger partial charge < -0.3 is 4.90 Å². The van der Waals surface area contributed by atoms with Gasteiger partial charge in [0.1, 0.15) is 4.88 Å². The average Bonchev–Trinajstić information content (AvgIpc) is 3.04. The number of hydrogen-bond acceptors (Lipinski definition) is 3. The molecule has 4 rings (SSSR count). The van der Waals surface area contributed by atoms with Crippen LogP contribution in [0.4, 0.5) is 13.2 Å². The van der Waals surface area contributed by atoms with Gasteiger partial charge in [0.2, 0.25) is 0 Å². The summed E-state index contributed by atoms with van der Waals surface area (Å²) in [5.41, 5.74) is -0.0182. The predicted molar refractivity (Wildman–Crippen MR) is 109 cm³/mol. The van der Waals surface area contributed by atoms with Gasteiger partial charge in [-0.15, -0.1) is 11.3 Å². The van der Waals surface area contributed by atoms with Crippen LogP contribution in [0.15, 0.2) is 48.5 Å².